The van der Waals surface area contributed by atoms with Crippen molar-refractivity contribution in [1.29, 1.82) is 0 Å². The molecule has 0 saturated heterocycles. The molecule has 3 rings (SSSR count). The molecule has 3 heteroatoms. The molecule has 0 amide bonds. The third kappa shape index (κ3) is 3.14. The zero-order valence-electron chi connectivity index (χ0n) is 14.1. The van der Waals surface area contributed by atoms with Crippen LogP contribution in [0.25, 0.3) is 22.3 Å². The van der Waals surface area contributed by atoms with E-state index in [0.29, 0.717) is 5.30 Å². The van der Waals surface area contributed by atoms with Crippen LogP contribution in [0.5, 0.6) is 0 Å². The summed E-state index contributed by atoms with van der Waals surface area (Å²) in [6, 6.07) is 20.1. The lowest BCUT2D eigenvalue weighted by atomic mass is 9.88. The Labute approximate surface area is 144 Å². The van der Waals surface area contributed by atoms with Gasteiger partial charge in [-0.15, -0.1) is 0 Å². The van der Waals surface area contributed by atoms with Crippen LogP contribution >= 0.6 is 8.38 Å². The fourth-order valence-electron chi connectivity index (χ4n) is 3.40. The average Bonchev–Trinajstić information content (AvgIpc) is 2.54. The molecule has 0 atom stereocenters. The maximum atomic E-state index is 9.99. The Hall–Kier alpha value is -1.99. The first-order chi connectivity index (χ1) is 11.5. The molecule has 2 N–H and O–H groups in total. The van der Waals surface area contributed by atoms with Crippen LogP contribution in [0.15, 0.2) is 60.7 Å². The van der Waals surface area contributed by atoms with Gasteiger partial charge >= 0.3 is 0 Å². The van der Waals surface area contributed by atoms with Gasteiger partial charge in [0, 0.05) is 10.9 Å². The standard InChI is InChI=1S/C21H21O2P/c1-14-12-15(2)20(16(3)13-14)21-18(17-8-5-4-6-9-17)10-7-11-19(21)24(22)23/h4-13,22-23H,1-3H3. The van der Waals surface area contributed by atoms with Crippen molar-refractivity contribution in [1.82, 2.24) is 0 Å². The van der Waals surface area contributed by atoms with E-state index < -0.39 is 8.38 Å². The Morgan fingerprint density at radius 1 is 0.708 bits per heavy atom. The summed E-state index contributed by atoms with van der Waals surface area (Å²) in [7, 11) is -2.18. The molecular formula is C21H21O2P. The fourth-order valence-corrected chi connectivity index (χ4v) is 4.05. The van der Waals surface area contributed by atoms with Crippen LogP contribution in [0.3, 0.4) is 0 Å². The van der Waals surface area contributed by atoms with E-state index in [1.54, 1.807) is 0 Å². The Morgan fingerprint density at radius 3 is 1.92 bits per heavy atom. The second kappa shape index (κ2) is 6.86. The molecule has 0 spiro atoms. The predicted octanol–water partition coefficient (Wildman–Crippen LogP) is 4.87. The van der Waals surface area contributed by atoms with Gasteiger partial charge in [0.1, 0.15) is 0 Å². The summed E-state index contributed by atoms with van der Waals surface area (Å²) >= 11 is 0. The molecule has 0 bridgehead atoms. The molecule has 0 aromatic heterocycles. The number of hydrogen-bond acceptors (Lipinski definition) is 2. The summed E-state index contributed by atoms with van der Waals surface area (Å²) in [5.41, 5.74) is 7.62. The van der Waals surface area contributed by atoms with Crippen molar-refractivity contribution in [3.8, 4) is 22.3 Å². The first-order valence-corrected chi connectivity index (χ1v) is 9.18. The number of rotatable bonds is 3. The molecule has 0 aliphatic heterocycles. The van der Waals surface area contributed by atoms with Gasteiger partial charge in [-0.05, 0) is 54.7 Å². The minimum atomic E-state index is -2.18. The highest BCUT2D eigenvalue weighted by Crippen LogP contribution is 2.40. The van der Waals surface area contributed by atoms with E-state index >= 15 is 0 Å². The average molecular weight is 336 g/mol. The van der Waals surface area contributed by atoms with Gasteiger partial charge in [-0.1, -0.05) is 60.2 Å². The first kappa shape index (κ1) is 16.9. The molecule has 0 unspecified atom stereocenters. The van der Waals surface area contributed by atoms with E-state index in [2.05, 4.69) is 45.0 Å². The van der Waals surface area contributed by atoms with Crippen molar-refractivity contribution in [2.75, 3.05) is 0 Å². The summed E-state index contributed by atoms with van der Waals surface area (Å²) in [6.45, 7) is 6.24. The largest absolute Gasteiger partial charge is 0.347 e. The van der Waals surface area contributed by atoms with Crippen molar-refractivity contribution in [3.63, 3.8) is 0 Å². The number of aryl methyl sites for hydroxylation is 3. The molecule has 0 radical (unpaired) electrons. The Kier molecular flexibility index (Phi) is 4.82. The summed E-state index contributed by atoms with van der Waals surface area (Å²) < 4.78 is 0. The summed E-state index contributed by atoms with van der Waals surface area (Å²) in [5.74, 6) is 0. The lowest BCUT2D eigenvalue weighted by Crippen LogP contribution is -2.08. The monoisotopic (exact) mass is 336 g/mol. The summed E-state index contributed by atoms with van der Waals surface area (Å²) in [5, 5.41) is 0.599. The zero-order chi connectivity index (χ0) is 17.3. The van der Waals surface area contributed by atoms with Crippen LogP contribution < -0.4 is 5.30 Å². The highest BCUT2D eigenvalue weighted by molar-refractivity contribution is 7.54. The third-order valence-corrected chi connectivity index (χ3v) is 5.07. The highest BCUT2D eigenvalue weighted by atomic mass is 31.2. The van der Waals surface area contributed by atoms with Gasteiger partial charge in [-0.2, -0.15) is 0 Å². The van der Waals surface area contributed by atoms with Gasteiger partial charge in [0.25, 0.3) is 0 Å². The van der Waals surface area contributed by atoms with E-state index in [1.807, 2.05) is 36.4 Å². The van der Waals surface area contributed by atoms with E-state index in [9.17, 15) is 9.79 Å². The van der Waals surface area contributed by atoms with Crippen LogP contribution in [0, 0.1) is 20.8 Å². The zero-order valence-corrected chi connectivity index (χ0v) is 15.0. The van der Waals surface area contributed by atoms with Gasteiger partial charge < -0.3 is 9.79 Å². The molecule has 3 aromatic rings. The Morgan fingerprint density at radius 2 is 1.33 bits per heavy atom. The van der Waals surface area contributed by atoms with Gasteiger partial charge in [0.2, 0.25) is 0 Å². The lowest BCUT2D eigenvalue weighted by Gasteiger charge is -2.20. The molecule has 3 aromatic carbocycles. The quantitative estimate of drug-likeness (QED) is 0.670. The second-order valence-corrected chi connectivity index (χ2v) is 7.19. The molecule has 0 aliphatic carbocycles. The summed E-state index contributed by atoms with van der Waals surface area (Å²) in [4.78, 5) is 20.0. The molecule has 24 heavy (non-hydrogen) atoms. The van der Waals surface area contributed by atoms with E-state index in [-0.39, 0.29) is 0 Å². The highest BCUT2D eigenvalue weighted by Gasteiger charge is 2.20. The topological polar surface area (TPSA) is 40.5 Å². The normalized spacial score (nSPS) is 11.1. The van der Waals surface area contributed by atoms with Crippen LogP contribution in [0.4, 0.5) is 0 Å². The molecule has 0 fully saturated rings. The van der Waals surface area contributed by atoms with E-state index in [0.717, 1.165) is 33.4 Å². The van der Waals surface area contributed by atoms with Crippen LogP contribution in [-0.2, 0) is 0 Å². The van der Waals surface area contributed by atoms with Crippen LogP contribution in [-0.4, -0.2) is 9.79 Å². The molecule has 2 nitrogen and oxygen atoms in total. The SMILES string of the molecule is Cc1cc(C)c(-c2c(-c3ccccc3)cccc2P(O)O)c(C)c1. The number of hydrogen-bond donors (Lipinski definition) is 2. The number of benzene rings is 3. The predicted molar refractivity (Wildman–Crippen MR) is 103 cm³/mol. The molecular weight excluding hydrogens is 315 g/mol. The third-order valence-electron chi connectivity index (χ3n) is 4.27. The van der Waals surface area contributed by atoms with Crippen molar-refractivity contribution in [3.05, 3.63) is 77.4 Å². The molecule has 122 valence electrons. The molecule has 0 heterocycles. The smallest absolute Gasteiger partial charge is 0.200 e. The molecule has 0 aliphatic rings. The van der Waals surface area contributed by atoms with Crippen molar-refractivity contribution in [2.24, 2.45) is 0 Å². The Balaban J connectivity index is 2.38. The first-order valence-electron chi connectivity index (χ1n) is 7.93. The minimum absolute atomic E-state index is 0.599. The van der Waals surface area contributed by atoms with E-state index in [4.69, 9.17) is 0 Å². The van der Waals surface area contributed by atoms with Gasteiger partial charge in [0.05, 0.1) is 0 Å². The molecule has 0 saturated carbocycles. The summed E-state index contributed by atoms with van der Waals surface area (Å²) in [6.07, 6.45) is 0. The lowest BCUT2D eigenvalue weighted by molar-refractivity contribution is 0.497. The van der Waals surface area contributed by atoms with Gasteiger partial charge in [-0.25, -0.2) is 0 Å². The van der Waals surface area contributed by atoms with Crippen molar-refractivity contribution < 1.29 is 9.79 Å². The van der Waals surface area contributed by atoms with Crippen LogP contribution in [0.1, 0.15) is 16.7 Å². The maximum absolute atomic E-state index is 9.99. The fraction of sp³-hybridized carbons (Fsp3) is 0.143. The van der Waals surface area contributed by atoms with E-state index in [1.165, 1.54) is 5.56 Å². The van der Waals surface area contributed by atoms with Crippen molar-refractivity contribution in [2.45, 2.75) is 20.8 Å². The van der Waals surface area contributed by atoms with Crippen LogP contribution in [0.2, 0.25) is 0 Å². The van der Waals surface area contributed by atoms with Gasteiger partial charge in [0.15, 0.2) is 8.38 Å². The second-order valence-electron chi connectivity index (χ2n) is 6.13. The minimum Gasteiger partial charge on any atom is -0.347 e. The Bertz CT molecular complexity index is 847. The maximum Gasteiger partial charge on any atom is 0.200 e. The van der Waals surface area contributed by atoms with Crippen molar-refractivity contribution >= 4 is 13.7 Å². The van der Waals surface area contributed by atoms with Gasteiger partial charge in [-0.3, -0.25) is 0 Å².